The van der Waals surface area contributed by atoms with E-state index >= 15 is 0 Å². The average molecular weight is 377 g/mol. The summed E-state index contributed by atoms with van der Waals surface area (Å²) in [6, 6.07) is 14.3. The van der Waals surface area contributed by atoms with Crippen molar-refractivity contribution in [2.24, 2.45) is 5.10 Å². The van der Waals surface area contributed by atoms with E-state index in [0.717, 1.165) is 0 Å². The number of rotatable bonds is 4. The predicted octanol–water partition coefficient (Wildman–Crippen LogP) is 2.36. The molecule has 7 nitrogen and oxygen atoms in total. The standard InChI is InChI=1S/C16H13ClN4O3S/c1-11-15(19-18-13-7-5-6-12(17)10-13)16(22)21(20-11)25(23,24)14-8-3-2-4-9-14/h2-10,18,20H,1H2/b19-15+. The number of amides is 1. The summed E-state index contributed by atoms with van der Waals surface area (Å²) >= 11 is 5.88. The van der Waals surface area contributed by atoms with Crippen LogP contribution in [0.2, 0.25) is 5.02 Å². The van der Waals surface area contributed by atoms with Gasteiger partial charge in [0.25, 0.3) is 10.0 Å². The predicted molar refractivity (Wildman–Crippen MR) is 95.3 cm³/mol. The summed E-state index contributed by atoms with van der Waals surface area (Å²) in [4.78, 5) is 12.4. The highest BCUT2D eigenvalue weighted by molar-refractivity contribution is 7.89. The number of hydrogen-bond acceptors (Lipinski definition) is 6. The van der Waals surface area contributed by atoms with E-state index < -0.39 is 15.9 Å². The van der Waals surface area contributed by atoms with Crippen LogP contribution in [0.5, 0.6) is 0 Å². The number of hydrazine groups is 1. The number of carbonyl (C=O) groups is 1. The second kappa shape index (κ2) is 6.58. The number of hydrogen-bond donors (Lipinski definition) is 2. The van der Waals surface area contributed by atoms with Crippen molar-refractivity contribution in [2.45, 2.75) is 4.90 Å². The molecule has 1 aliphatic heterocycles. The molecule has 0 unspecified atom stereocenters. The zero-order chi connectivity index (χ0) is 18.0. The summed E-state index contributed by atoms with van der Waals surface area (Å²) in [5.74, 6) is -0.830. The van der Waals surface area contributed by atoms with Gasteiger partial charge in [-0.3, -0.25) is 15.6 Å². The molecule has 2 aromatic carbocycles. The molecule has 0 aromatic heterocycles. The lowest BCUT2D eigenvalue weighted by Gasteiger charge is -2.15. The van der Waals surface area contributed by atoms with Crippen LogP contribution in [0.25, 0.3) is 0 Å². The molecule has 2 aromatic rings. The van der Waals surface area contributed by atoms with Crippen molar-refractivity contribution in [1.29, 1.82) is 0 Å². The topological polar surface area (TPSA) is 90.9 Å². The van der Waals surface area contributed by atoms with Crippen LogP contribution < -0.4 is 10.9 Å². The van der Waals surface area contributed by atoms with E-state index in [0.29, 0.717) is 15.1 Å². The van der Waals surface area contributed by atoms with Gasteiger partial charge in [0.1, 0.15) is 0 Å². The Kier molecular flexibility index (Phi) is 4.47. The van der Waals surface area contributed by atoms with Crippen molar-refractivity contribution in [3.05, 3.63) is 71.9 Å². The number of halogens is 1. The Morgan fingerprint density at radius 2 is 1.84 bits per heavy atom. The van der Waals surface area contributed by atoms with Crippen LogP contribution >= 0.6 is 11.6 Å². The van der Waals surface area contributed by atoms with E-state index in [1.807, 2.05) is 0 Å². The van der Waals surface area contributed by atoms with Gasteiger partial charge in [0.2, 0.25) is 0 Å². The Morgan fingerprint density at radius 3 is 2.52 bits per heavy atom. The maximum atomic E-state index is 12.6. The lowest BCUT2D eigenvalue weighted by Crippen LogP contribution is -2.40. The quantitative estimate of drug-likeness (QED) is 0.799. The molecule has 0 spiro atoms. The summed E-state index contributed by atoms with van der Waals surface area (Å²) in [5.41, 5.74) is 5.58. The van der Waals surface area contributed by atoms with Gasteiger partial charge >= 0.3 is 5.91 Å². The molecule has 1 fully saturated rings. The van der Waals surface area contributed by atoms with Crippen LogP contribution in [-0.4, -0.2) is 24.5 Å². The molecule has 0 radical (unpaired) electrons. The second-order valence-electron chi connectivity index (χ2n) is 5.06. The summed E-state index contributed by atoms with van der Waals surface area (Å²) in [7, 11) is -4.06. The zero-order valence-corrected chi connectivity index (χ0v) is 14.4. The van der Waals surface area contributed by atoms with Crippen LogP contribution in [0.15, 0.2) is 76.9 Å². The third-order valence-corrected chi connectivity index (χ3v) is 5.15. The number of anilines is 1. The van der Waals surface area contributed by atoms with Crippen molar-refractivity contribution >= 4 is 38.9 Å². The van der Waals surface area contributed by atoms with E-state index in [-0.39, 0.29) is 16.3 Å². The normalized spacial score (nSPS) is 16.2. The fraction of sp³-hybridized carbons (Fsp3) is 0. The molecule has 25 heavy (non-hydrogen) atoms. The van der Waals surface area contributed by atoms with Gasteiger partial charge in [0.05, 0.1) is 16.3 Å². The molecule has 1 amide bonds. The van der Waals surface area contributed by atoms with Crippen molar-refractivity contribution in [3.8, 4) is 0 Å². The number of nitrogens with one attached hydrogen (secondary N) is 2. The van der Waals surface area contributed by atoms with Gasteiger partial charge in [0, 0.05) is 5.02 Å². The molecular weight excluding hydrogens is 364 g/mol. The van der Waals surface area contributed by atoms with Gasteiger partial charge in [-0.1, -0.05) is 42.4 Å². The van der Waals surface area contributed by atoms with Gasteiger partial charge < -0.3 is 0 Å². The third kappa shape index (κ3) is 3.35. The minimum Gasteiger partial charge on any atom is -0.279 e. The Bertz CT molecular complexity index is 974. The van der Waals surface area contributed by atoms with E-state index in [9.17, 15) is 13.2 Å². The smallest absolute Gasteiger partial charge is 0.279 e. The maximum Gasteiger partial charge on any atom is 0.309 e. The summed E-state index contributed by atoms with van der Waals surface area (Å²) in [6.45, 7) is 3.64. The highest BCUT2D eigenvalue weighted by atomic mass is 35.5. The lowest BCUT2D eigenvalue weighted by molar-refractivity contribution is -0.119. The Morgan fingerprint density at radius 1 is 1.12 bits per heavy atom. The van der Waals surface area contributed by atoms with E-state index in [1.54, 1.807) is 42.5 Å². The molecule has 0 bridgehead atoms. The van der Waals surface area contributed by atoms with Crippen LogP contribution in [0.1, 0.15) is 0 Å². The first kappa shape index (κ1) is 17.0. The van der Waals surface area contributed by atoms with Crippen molar-refractivity contribution in [2.75, 3.05) is 5.43 Å². The van der Waals surface area contributed by atoms with E-state index in [4.69, 9.17) is 11.6 Å². The molecular formula is C16H13ClN4O3S. The fourth-order valence-corrected chi connectivity index (χ4v) is 3.55. The number of carbonyl (C=O) groups excluding carboxylic acids is 1. The molecule has 9 heteroatoms. The molecule has 128 valence electrons. The van der Waals surface area contributed by atoms with Crippen LogP contribution in [0, 0.1) is 0 Å². The van der Waals surface area contributed by atoms with Crippen LogP contribution in [0.3, 0.4) is 0 Å². The minimum absolute atomic E-state index is 0.0206. The Labute approximate surface area is 149 Å². The van der Waals surface area contributed by atoms with Crippen molar-refractivity contribution in [3.63, 3.8) is 0 Å². The van der Waals surface area contributed by atoms with Crippen molar-refractivity contribution < 1.29 is 13.2 Å². The molecule has 0 aliphatic carbocycles. The maximum absolute atomic E-state index is 12.6. The second-order valence-corrected chi connectivity index (χ2v) is 7.28. The number of sulfonamides is 1. The molecule has 1 heterocycles. The highest BCUT2D eigenvalue weighted by Gasteiger charge is 2.40. The molecule has 1 saturated heterocycles. The zero-order valence-electron chi connectivity index (χ0n) is 12.8. The average Bonchev–Trinajstić information content (AvgIpc) is 2.89. The number of benzene rings is 2. The Balaban J connectivity index is 1.86. The highest BCUT2D eigenvalue weighted by Crippen LogP contribution is 2.20. The monoisotopic (exact) mass is 376 g/mol. The summed E-state index contributed by atoms with van der Waals surface area (Å²) in [6.07, 6.45) is 0. The molecule has 0 atom stereocenters. The van der Waals surface area contributed by atoms with Gasteiger partial charge in [-0.25, -0.2) is 0 Å². The molecule has 1 aliphatic rings. The van der Waals surface area contributed by atoms with Gasteiger partial charge in [-0.2, -0.15) is 13.5 Å². The number of hydrazone groups is 1. The van der Waals surface area contributed by atoms with Gasteiger partial charge in [0.15, 0.2) is 5.71 Å². The van der Waals surface area contributed by atoms with Crippen LogP contribution in [-0.2, 0) is 14.8 Å². The summed E-state index contributed by atoms with van der Waals surface area (Å²) < 4.78 is 25.6. The lowest BCUT2D eigenvalue weighted by atomic mass is 10.3. The first-order valence-corrected chi connectivity index (χ1v) is 8.91. The third-order valence-electron chi connectivity index (χ3n) is 3.31. The van der Waals surface area contributed by atoms with E-state index in [1.165, 1.54) is 12.1 Å². The van der Waals surface area contributed by atoms with Crippen LogP contribution in [0.4, 0.5) is 5.69 Å². The van der Waals surface area contributed by atoms with Gasteiger partial charge in [-0.05, 0) is 30.3 Å². The first-order valence-electron chi connectivity index (χ1n) is 7.09. The Hall–Kier alpha value is -2.84. The first-order chi connectivity index (χ1) is 11.9. The number of nitrogens with zero attached hydrogens (tertiary/aromatic N) is 2. The van der Waals surface area contributed by atoms with E-state index in [2.05, 4.69) is 22.5 Å². The summed E-state index contributed by atoms with van der Waals surface area (Å²) in [5, 5.41) is 4.44. The molecule has 3 rings (SSSR count). The molecule has 0 saturated carbocycles. The fourth-order valence-electron chi connectivity index (χ4n) is 2.11. The minimum atomic E-state index is -4.06. The molecule has 2 N–H and O–H groups in total. The largest absolute Gasteiger partial charge is 0.309 e. The van der Waals surface area contributed by atoms with Crippen molar-refractivity contribution in [1.82, 2.24) is 9.84 Å². The van der Waals surface area contributed by atoms with Gasteiger partial charge in [-0.15, -0.1) is 4.41 Å². The SMILES string of the molecule is C=C1NN(S(=O)(=O)c2ccccc2)C(=O)/C1=N/Nc1cccc(Cl)c1.